The summed E-state index contributed by atoms with van der Waals surface area (Å²) in [5, 5.41) is 4.32. The number of ether oxygens (including phenoxy) is 1. The molecular weight excluding hydrogens is 422 g/mol. The Morgan fingerprint density at radius 2 is 1.81 bits per heavy atom. The normalized spacial score (nSPS) is 15.9. The van der Waals surface area contributed by atoms with Crippen LogP contribution in [-0.2, 0) is 19.1 Å². The van der Waals surface area contributed by atoms with Crippen LogP contribution < -0.4 is 11.2 Å². The molecule has 0 aliphatic carbocycles. The maximum absolute atomic E-state index is 12.9. The molecule has 0 saturated carbocycles. The van der Waals surface area contributed by atoms with E-state index in [2.05, 4.69) is 5.43 Å². The molecule has 2 amide bonds. The Kier molecular flexibility index (Phi) is 7.06. The maximum Gasteiger partial charge on any atom is 0.333 e. The van der Waals surface area contributed by atoms with Gasteiger partial charge in [-0.15, -0.1) is 0 Å². The molecule has 0 spiro atoms. The predicted molar refractivity (Wildman–Crippen MR) is 111 cm³/mol. The van der Waals surface area contributed by atoms with Gasteiger partial charge in [0.05, 0.1) is 11.1 Å². The number of fused-ring (bicyclic) bond motifs is 1. The summed E-state index contributed by atoms with van der Waals surface area (Å²) in [6, 6.07) is 5.69. The molecule has 2 aromatic rings. The standard InChI is InChI=1S/C21H21N3O6S/c1-12(22)20(28)30-21(29)17(14(7-4-9-25)13-8-10-31-11-13)23-24-18(26)15-5-2-3-6-16(15)19(24)27/h2-3,5-6,8-12,14,17,23H,4,7,22H2,1H3/t12-,14?,17-/m0/s1. The number of hydrazine groups is 1. The van der Waals surface area contributed by atoms with Gasteiger partial charge >= 0.3 is 11.9 Å². The quantitative estimate of drug-likeness (QED) is 0.257. The molecule has 1 aliphatic heterocycles. The van der Waals surface area contributed by atoms with Crippen LogP contribution in [-0.4, -0.2) is 47.1 Å². The monoisotopic (exact) mass is 443 g/mol. The van der Waals surface area contributed by atoms with E-state index in [4.69, 9.17) is 10.5 Å². The number of thiophene rings is 1. The highest BCUT2D eigenvalue weighted by molar-refractivity contribution is 7.08. The second kappa shape index (κ2) is 9.73. The summed E-state index contributed by atoms with van der Waals surface area (Å²) >= 11 is 1.38. The third-order valence-electron chi connectivity index (χ3n) is 4.86. The van der Waals surface area contributed by atoms with Crippen molar-refractivity contribution >= 4 is 41.4 Å². The second-order valence-electron chi connectivity index (χ2n) is 7.03. The van der Waals surface area contributed by atoms with Gasteiger partial charge in [-0.1, -0.05) is 12.1 Å². The van der Waals surface area contributed by atoms with Gasteiger partial charge in [0.25, 0.3) is 11.8 Å². The molecule has 0 saturated heterocycles. The first kappa shape index (κ1) is 22.5. The zero-order chi connectivity index (χ0) is 22.5. The summed E-state index contributed by atoms with van der Waals surface area (Å²) in [6.07, 6.45) is 1.05. The van der Waals surface area contributed by atoms with Crippen LogP contribution in [0.1, 0.15) is 52.0 Å². The lowest BCUT2D eigenvalue weighted by Crippen LogP contribution is -2.54. The smallest absolute Gasteiger partial charge is 0.333 e. The van der Waals surface area contributed by atoms with Crippen molar-refractivity contribution in [2.75, 3.05) is 0 Å². The Balaban J connectivity index is 1.94. The van der Waals surface area contributed by atoms with Gasteiger partial charge in [0.2, 0.25) is 0 Å². The highest BCUT2D eigenvalue weighted by atomic mass is 32.1. The third-order valence-corrected chi connectivity index (χ3v) is 5.56. The van der Waals surface area contributed by atoms with E-state index in [9.17, 15) is 24.0 Å². The molecule has 1 aromatic carbocycles. The molecule has 1 aromatic heterocycles. The molecule has 162 valence electrons. The fourth-order valence-electron chi connectivity index (χ4n) is 3.27. The van der Waals surface area contributed by atoms with Crippen LogP contribution in [0.2, 0.25) is 0 Å². The Hall–Kier alpha value is -3.21. The molecule has 0 bridgehead atoms. The van der Waals surface area contributed by atoms with Crippen LogP contribution in [0.4, 0.5) is 0 Å². The summed E-state index contributed by atoms with van der Waals surface area (Å²) in [7, 11) is 0. The number of benzene rings is 1. The minimum Gasteiger partial charge on any atom is -0.391 e. The lowest BCUT2D eigenvalue weighted by atomic mass is 9.89. The van der Waals surface area contributed by atoms with Crippen molar-refractivity contribution in [2.24, 2.45) is 5.73 Å². The van der Waals surface area contributed by atoms with Gasteiger partial charge in [0, 0.05) is 12.3 Å². The number of esters is 2. The summed E-state index contributed by atoms with van der Waals surface area (Å²) in [6.45, 7) is 1.37. The van der Waals surface area contributed by atoms with E-state index < -0.39 is 41.8 Å². The number of rotatable bonds is 9. The lowest BCUT2D eigenvalue weighted by Gasteiger charge is -2.29. The van der Waals surface area contributed by atoms with Gasteiger partial charge in [-0.25, -0.2) is 20.0 Å². The first-order valence-corrected chi connectivity index (χ1v) is 10.5. The minimum absolute atomic E-state index is 0.120. The van der Waals surface area contributed by atoms with E-state index in [1.54, 1.807) is 29.0 Å². The number of carbonyl (C=O) groups is 5. The van der Waals surface area contributed by atoms with Crippen molar-refractivity contribution in [1.29, 1.82) is 0 Å². The number of nitrogens with one attached hydrogen (secondary N) is 1. The van der Waals surface area contributed by atoms with E-state index in [1.807, 2.05) is 0 Å². The summed E-state index contributed by atoms with van der Waals surface area (Å²) in [5.41, 5.74) is 9.24. The van der Waals surface area contributed by atoms with Crippen molar-refractivity contribution in [1.82, 2.24) is 10.4 Å². The zero-order valence-electron chi connectivity index (χ0n) is 16.6. The molecule has 2 heterocycles. The van der Waals surface area contributed by atoms with Crippen molar-refractivity contribution in [3.05, 3.63) is 57.8 Å². The van der Waals surface area contributed by atoms with E-state index in [0.717, 1.165) is 5.01 Å². The number of nitrogens with two attached hydrogens (primary N) is 1. The topological polar surface area (TPSA) is 136 Å². The number of hydrogen-bond donors (Lipinski definition) is 2. The number of hydrogen-bond acceptors (Lipinski definition) is 9. The average molecular weight is 443 g/mol. The predicted octanol–water partition coefficient (Wildman–Crippen LogP) is 1.40. The molecule has 31 heavy (non-hydrogen) atoms. The molecule has 3 atom stereocenters. The number of aldehydes is 1. The number of nitrogens with zero attached hydrogens (tertiary/aromatic N) is 1. The fraction of sp³-hybridized carbons (Fsp3) is 0.286. The third kappa shape index (κ3) is 4.76. The Labute approximate surface area is 182 Å². The van der Waals surface area contributed by atoms with Crippen molar-refractivity contribution in [3.63, 3.8) is 0 Å². The second-order valence-corrected chi connectivity index (χ2v) is 7.81. The van der Waals surface area contributed by atoms with E-state index in [0.29, 0.717) is 11.8 Å². The van der Waals surface area contributed by atoms with Crippen LogP contribution in [0, 0.1) is 0 Å². The Morgan fingerprint density at radius 3 is 2.32 bits per heavy atom. The van der Waals surface area contributed by atoms with Crippen molar-refractivity contribution in [2.45, 2.75) is 37.8 Å². The van der Waals surface area contributed by atoms with Crippen molar-refractivity contribution in [3.8, 4) is 0 Å². The number of amides is 2. The number of imide groups is 1. The lowest BCUT2D eigenvalue weighted by molar-refractivity contribution is -0.163. The largest absolute Gasteiger partial charge is 0.391 e. The van der Waals surface area contributed by atoms with Gasteiger partial charge in [0.1, 0.15) is 18.4 Å². The molecule has 0 fully saturated rings. The van der Waals surface area contributed by atoms with E-state index >= 15 is 0 Å². The van der Waals surface area contributed by atoms with Crippen LogP contribution in [0.3, 0.4) is 0 Å². The molecular formula is C21H21N3O6S. The average Bonchev–Trinajstić information content (AvgIpc) is 3.36. The highest BCUT2D eigenvalue weighted by Crippen LogP contribution is 2.29. The van der Waals surface area contributed by atoms with Crippen LogP contribution >= 0.6 is 11.3 Å². The molecule has 3 rings (SSSR count). The molecule has 1 unspecified atom stereocenters. The first-order chi connectivity index (χ1) is 14.8. The van der Waals surface area contributed by atoms with E-state index in [-0.39, 0.29) is 24.0 Å². The molecule has 1 aliphatic rings. The van der Waals surface area contributed by atoms with E-state index in [1.165, 1.54) is 30.4 Å². The van der Waals surface area contributed by atoms with Crippen LogP contribution in [0.15, 0.2) is 41.1 Å². The molecule has 9 nitrogen and oxygen atoms in total. The molecule has 10 heteroatoms. The minimum atomic E-state index is -1.29. The van der Waals surface area contributed by atoms with Gasteiger partial charge in [-0.3, -0.25) is 9.59 Å². The first-order valence-electron chi connectivity index (χ1n) is 9.56. The summed E-state index contributed by atoms with van der Waals surface area (Å²) in [4.78, 5) is 61.4. The Bertz CT molecular complexity index is 969. The van der Waals surface area contributed by atoms with Crippen LogP contribution in [0.25, 0.3) is 0 Å². The SMILES string of the molecule is C[C@H](N)C(=O)OC(=O)[C@@H](NN1C(=O)c2ccccc2C1=O)C(CCC=O)c1ccsc1. The van der Waals surface area contributed by atoms with Gasteiger partial charge in [0.15, 0.2) is 0 Å². The van der Waals surface area contributed by atoms with Crippen LogP contribution in [0.5, 0.6) is 0 Å². The summed E-state index contributed by atoms with van der Waals surface area (Å²) < 4.78 is 4.89. The molecule has 3 N–H and O–H groups in total. The van der Waals surface area contributed by atoms with Crippen molar-refractivity contribution < 1.29 is 28.7 Å². The Morgan fingerprint density at radius 1 is 1.16 bits per heavy atom. The van der Waals surface area contributed by atoms with Gasteiger partial charge in [-0.05, 0) is 47.9 Å². The van der Waals surface area contributed by atoms with Gasteiger partial charge in [-0.2, -0.15) is 11.3 Å². The molecule has 0 radical (unpaired) electrons. The van der Waals surface area contributed by atoms with Gasteiger partial charge < -0.3 is 15.3 Å². The maximum atomic E-state index is 12.9. The fourth-order valence-corrected chi connectivity index (χ4v) is 3.99. The zero-order valence-corrected chi connectivity index (χ0v) is 17.5. The summed E-state index contributed by atoms with van der Waals surface area (Å²) in [5.74, 6) is -3.85. The number of carbonyl (C=O) groups excluding carboxylic acids is 5. The highest BCUT2D eigenvalue weighted by Gasteiger charge is 2.41.